The second kappa shape index (κ2) is 25.2. The predicted molar refractivity (Wildman–Crippen MR) is 286 cm³/mol. The van der Waals surface area contributed by atoms with Gasteiger partial charge in [0.1, 0.15) is 24.5 Å². The number of ether oxygens (including phenoxy) is 2. The van der Waals surface area contributed by atoms with Crippen molar-refractivity contribution < 1.29 is 56.1 Å². The van der Waals surface area contributed by atoms with Crippen molar-refractivity contribution in [1.29, 1.82) is 0 Å². The fourth-order valence-electron chi connectivity index (χ4n) is 9.36. The normalized spacial score (nSPS) is 18.4. The van der Waals surface area contributed by atoms with Gasteiger partial charge >= 0.3 is 6.18 Å². The van der Waals surface area contributed by atoms with Gasteiger partial charge in [-0.3, -0.25) is 33.7 Å². The molecule has 6 N–H and O–H groups in total. The number of hydrogen-bond donors (Lipinski definition) is 6. The minimum absolute atomic E-state index is 0.0131. The van der Waals surface area contributed by atoms with Crippen LogP contribution in [-0.2, 0) is 36.6 Å². The summed E-state index contributed by atoms with van der Waals surface area (Å²) in [6, 6.07) is 14.7. The molecule has 0 aliphatic carbocycles. The molecular formula is C55H65F4N9O9S. The first kappa shape index (κ1) is 58.6. The SMILES string of the molecule is Cc1ncsc1-c1ccc(CNC(=O)[C@@H]2C[C@@H](O)CN2C(=O)[C@@H](NC(=O)COCCOCCNC(=O)c2ccc(-c3ccc(N4C[C@@H](C)N(C)[C@@H](C)C4)c(NC(=O)c4c[nH]c(=O)cc4C(F)(F)F)c3)c(F)c2)C(C)(C)C)cc1. The number of pyridine rings is 1. The average Bonchev–Trinajstić information content (AvgIpc) is 4.04. The van der Waals surface area contributed by atoms with E-state index in [9.17, 15) is 47.0 Å². The number of halogens is 4. The Hall–Kier alpha value is -7.05. The van der Waals surface area contributed by atoms with Crippen LogP contribution in [0.15, 0.2) is 83.2 Å². The molecule has 0 spiro atoms. The molecule has 4 heterocycles. The van der Waals surface area contributed by atoms with Gasteiger partial charge in [0, 0.05) is 74.6 Å². The first-order valence-corrected chi connectivity index (χ1v) is 26.3. The van der Waals surface area contributed by atoms with Crippen LogP contribution >= 0.6 is 11.3 Å². The van der Waals surface area contributed by atoms with Crippen LogP contribution in [0.1, 0.15) is 78.6 Å². The number of thiazole rings is 1. The predicted octanol–water partition coefficient (Wildman–Crippen LogP) is 5.98. The van der Waals surface area contributed by atoms with Crippen molar-refractivity contribution in [2.45, 2.75) is 91.0 Å². The number of carbonyl (C=O) groups excluding carboxylic acids is 5. The van der Waals surface area contributed by atoms with Crippen LogP contribution < -0.4 is 31.7 Å². The van der Waals surface area contributed by atoms with Gasteiger partial charge in [0.15, 0.2) is 0 Å². The van der Waals surface area contributed by atoms with E-state index in [1.807, 2.05) is 57.0 Å². The molecule has 2 saturated heterocycles. The highest BCUT2D eigenvalue weighted by molar-refractivity contribution is 7.13. The van der Waals surface area contributed by atoms with E-state index in [4.69, 9.17) is 9.47 Å². The highest BCUT2D eigenvalue weighted by Gasteiger charge is 2.44. The summed E-state index contributed by atoms with van der Waals surface area (Å²) in [5, 5.41) is 21.4. The lowest BCUT2D eigenvalue weighted by atomic mass is 9.85. The molecule has 7 rings (SSSR count). The van der Waals surface area contributed by atoms with Crippen LogP contribution in [0.25, 0.3) is 21.6 Å². The van der Waals surface area contributed by atoms with Crippen LogP contribution in [0, 0.1) is 18.2 Å². The number of nitrogens with zero attached hydrogens (tertiary/aromatic N) is 4. The third-order valence-corrected chi connectivity index (χ3v) is 14.8. The Morgan fingerprint density at radius 3 is 2.23 bits per heavy atom. The fourth-order valence-corrected chi connectivity index (χ4v) is 10.2. The average molecular weight is 1100 g/mol. The second-order valence-electron chi connectivity index (χ2n) is 20.6. The minimum atomic E-state index is -5.01. The van der Waals surface area contributed by atoms with E-state index in [1.54, 1.807) is 49.8 Å². The number of rotatable bonds is 19. The number of aliphatic hydroxyl groups excluding tert-OH is 1. The lowest BCUT2D eigenvalue weighted by molar-refractivity contribution is -0.144. The molecule has 2 fully saturated rings. The maximum Gasteiger partial charge on any atom is 0.417 e. The monoisotopic (exact) mass is 1100 g/mol. The lowest BCUT2D eigenvalue weighted by Crippen LogP contribution is -2.58. The number of H-pyrrole nitrogens is 1. The first-order valence-electron chi connectivity index (χ1n) is 25.4. The van der Waals surface area contributed by atoms with E-state index >= 15 is 4.39 Å². The van der Waals surface area contributed by atoms with Crippen molar-refractivity contribution in [2.75, 3.05) is 69.9 Å². The molecule has 23 heteroatoms. The van der Waals surface area contributed by atoms with Gasteiger partial charge in [-0.1, -0.05) is 57.2 Å². The molecule has 5 amide bonds. The Morgan fingerprint density at radius 2 is 1.58 bits per heavy atom. The number of benzene rings is 3. The molecule has 18 nitrogen and oxygen atoms in total. The van der Waals surface area contributed by atoms with Gasteiger partial charge < -0.3 is 50.6 Å². The van der Waals surface area contributed by atoms with E-state index in [0.29, 0.717) is 31.0 Å². The zero-order valence-electron chi connectivity index (χ0n) is 44.4. The number of anilines is 2. The number of aromatic nitrogens is 2. The summed E-state index contributed by atoms with van der Waals surface area (Å²) in [5.41, 5.74) is 1.42. The third kappa shape index (κ3) is 14.5. The number of piperazine rings is 1. The Morgan fingerprint density at radius 1 is 0.885 bits per heavy atom. The fraction of sp³-hybridized carbons (Fsp3) is 0.436. The van der Waals surface area contributed by atoms with Crippen molar-refractivity contribution >= 4 is 52.2 Å². The molecule has 418 valence electrons. The van der Waals surface area contributed by atoms with Gasteiger partial charge in [-0.2, -0.15) is 13.2 Å². The van der Waals surface area contributed by atoms with Gasteiger partial charge in [0.2, 0.25) is 23.3 Å². The number of likely N-dealkylation sites (tertiary alicyclic amines) is 1. The molecule has 2 aliphatic heterocycles. The van der Waals surface area contributed by atoms with Crippen LogP contribution in [0.4, 0.5) is 28.9 Å². The first-order chi connectivity index (χ1) is 36.9. The highest BCUT2D eigenvalue weighted by atomic mass is 32.1. The maximum atomic E-state index is 15.9. The van der Waals surface area contributed by atoms with E-state index < -0.39 is 88.4 Å². The number of aliphatic hydroxyl groups is 1. The molecule has 0 unspecified atom stereocenters. The van der Waals surface area contributed by atoms with E-state index in [1.165, 1.54) is 23.1 Å². The van der Waals surface area contributed by atoms with Crippen LogP contribution in [0.2, 0.25) is 0 Å². The molecule has 0 radical (unpaired) electrons. The molecule has 0 bridgehead atoms. The van der Waals surface area contributed by atoms with Crippen molar-refractivity contribution in [2.24, 2.45) is 5.41 Å². The number of carbonyl (C=O) groups is 5. The van der Waals surface area contributed by atoms with Crippen molar-refractivity contribution in [1.82, 2.24) is 35.7 Å². The van der Waals surface area contributed by atoms with Gasteiger partial charge in [-0.05, 0) is 74.2 Å². The lowest BCUT2D eigenvalue weighted by Gasteiger charge is -2.44. The zero-order valence-corrected chi connectivity index (χ0v) is 45.2. The van der Waals surface area contributed by atoms with Gasteiger partial charge in [-0.25, -0.2) is 9.37 Å². The molecule has 5 atom stereocenters. The molecule has 3 aromatic carbocycles. The zero-order chi connectivity index (χ0) is 56.6. The quantitative estimate of drug-likeness (QED) is 0.0415. The molecular weight excluding hydrogens is 1040 g/mol. The smallest absolute Gasteiger partial charge is 0.391 e. The topological polar surface area (TPSA) is 228 Å². The summed E-state index contributed by atoms with van der Waals surface area (Å²) in [6.07, 6.45) is -5.20. The van der Waals surface area contributed by atoms with E-state index in [-0.39, 0.29) is 80.3 Å². The number of alkyl halides is 3. The summed E-state index contributed by atoms with van der Waals surface area (Å²) in [6.45, 7) is 12.1. The highest BCUT2D eigenvalue weighted by Crippen LogP contribution is 2.37. The van der Waals surface area contributed by atoms with Gasteiger partial charge in [-0.15, -0.1) is 11.3 Å². The van der Waals surface area contributed by atoms with Crippen LogP contribution in [-0.4, -0.2) is 144 Å². The Labute approximate surface area is 452 Å². The number of amides is 5. The van der Waals surface area contributed by atoms with Gasteiger partial charge in [0.05, 0.1) is 64.5 Å². The molecule has 78 heavy (non-hydrogen) atoms. The summed E-state index contributed by atoms with van der Waals surface area (Å²) in [4.78, 5) is 91.9. The summed E-state index contributed by atoms with van der Waals surface area (Å²) in [5.74, 6) is -4.07. The van der Waals surface area contributed by atoms with E-state index in [0.717, 1.165) is 27.8 Å². The number of β-amino-alcohol motifs (C(OH)–C–C–N with tert-alkyl or cyclic N) is 1. The number of aryl methyl sites for hydroxylation is 1. The minimum Gasteiger partial charge on any atom is -0.391 e. The Bertz CT molecular complexity index is 3030. The second-order valence-corrected chi connectivity index (χ2v) is 21.5. The third-order valence-electron chi connectivity index (χ3n) is 13.8. The van der Waals surface area contributed by atoms with Crippen molar-refractivity contribution in [3.63, 3.8) is 0 Å². The largest absolute Gasteiger partial charge is 0.417 e. The van der Waals surface area contributed by atoms with E-state index in [2.05, 4.69) is 36.1 Å². The molecule has 2 aromatic heterocycles. The summed E-state index contributed by atoms with van der Waals surface area (Å²) in [7, 11) is 1.98. The van der Waals surface area contributed by atoms with Crippen molar-refractivity contribution in [3.8, 4) is 21.6 Å². The Kier molecular flexibility index (Phi) is 18.9. The van der Waals surface area contributed by atoms with Gasteiger partial charge in [0.25, 0.3) is 11.8 Å². The van der Waals surface area contributed by atoms with Crippen LogP contribution in [0.3, 0.4) is 0 Å². The maximum absolute atomic E-state index is 15.9. The number of hydrogen-bond acceptors (Lipinski definition) is 13. The number of nitrogens with one attached hydrogen (secondary N) is 5. The molecule has 5 aromatic rings. The summed E-state index contributed by atoms with van der Waals surface area (Å²) >= 11 is 1.54. The Balaban J connectivity index is 0.873. The number of likely N-dealkylation sites (N-methyl/N-ethyl adjacent to an activating group) is 1. The van der Waals surface area contributed by atoms with Crippen molar-refractivity contribution in [3.05, 3.63) is 123 Å². The molecule has 0 saturated carbocycles. The summed E-state index contributed by atoms with van der Waals surface area (Å²) < 4.78 is 68.8. The molecule has 2 aliphatic rings. The van der Waals surface area contributed by atoms with Crippen LogP contribution in [0.5, 0.6) is 0 Å². The standard InChI is InChI=1S/C55H65F4N9O9S/c1-31-26-67(27-32(2)66(31)7)44-15-13-36(21-43(44)64-51(73)40-25-61-46(70)23-41(40)55(57,58)59)39-14-12-37(20-42(39)56)50(72)60-16-17-76-18-19-77-29-47(71)65-49(54(4,5)6)53(75)68-28-38(69)22-45(68)52(74)62-24-34-8-10-35(11-9-34)48-33(3)63-30-78-48/h8-15,20-21,23,25,30-32,38,45,49,69H,16-19,22,24,26-29H2,1-7H3,(H,60,72)(H,61,70)(H,62,74)(H,64,73)(H,65,71)/t31-,32+,38-,45+,49-/m1/s1. The number of aromatic amines is 1.